The van der Waals surface area contributed by atoms with Crippen LogP contribution in [0, 0.1) is 6.92 Å². The van der Waals surface area contributed by atoms with Crippen molar-refractivity contribution in [3.05, 3.63) is 76.6 Å². The summed E-state index contributed by atoms with van der Waals surface area (Å²) in [5.41, 5.74) is 0.379. The standard InChI is InChI=1S/C21H18ClF3N4O2/c1-13-18(11-26-29(13)17-8-3-5-14(9-17)21(23,24)25)20(31)28(2)12-19(30)27-16-7-4-6-15(22)10-16/h3-11H,12H2,1-2H3,(H,27,30). The molecule has 1 N–H and O–H groups in total. The van der Waals surface area contributed by atoms with Crippen molar-refractivity contribution in [1.29, 1.82) is 0 Å². The van der Waals surface area contributed by atoms with Crippen LogP contribution < -0.4 is 5.32 Å². The number of carbonyl (C=O) groups excluding carboxylic acids is 2. The van der Waals surface area contributed by atoms with Crippen molar-refractivity contribution in [2.45, 2.75) is 13.1 Å². The van der Waals surface area contributed by atoms with Gasteiger partial charge in [-0.2, -0.15) is 18.3 Å². The molecule has 2 amide bonds. The van der Waals surface area contributed by atoms with Gasteiger partial charge < -0.3 is 10.2 Å². The van der Waals surface area contributed by atoms with Crippen LogP contribution in [0.5, 0.6) is 0 Å². The number of alkyl halides is 3. The molecule has 0 aliphatic heterocycles. The first-order valence-corrected chi connectivity index (χ1v) is 9.47. The van der Waals surface area contributed by atoms with Crippen LogP contribution >= 0.6 is 11.6 Å². The number of amides is 2. The highest BCUT2D eigenvalue weighted by molar-refractivity contribution is 6.30. The smallest absolute Gasteiger partial charge is 0.332 e. The van der Waals surface area contributed by atoms with Crippen molar-refractivity contribution in [1.82, 2.24) is 14.7 Å². The van der Waals surface area contributed by atoms with Crippen molar-refractivity contribution in [2.75, 3.05) is 18.9 Å². The molecule has 31 heavy (non-hydrogen) atoms. The summed E-state index contributed by atoms with van der Waals surface area (Å²) in [4.78, 5) is 26.2. The highest BCUT2D eigenvalue weighted by Gasteiger charge is 2.31. The molecule has 1 heterocycles. The van der Waals surface area contributed by atoms with Gasteiger partial charge in [0.05, 0.1) is 35.2 Å². The van der Waals surface area contributed by atoms with Gasteiger partial charge in [-0.1, -0.05) is 23.7 Å². The molecule has 0 unspecified atom stereocenters. The highest BCUT2D eigenvalue weighted by Crippen LogP contribution is 2.30. The maximum absolute atomic E-state index is 13.0. The van der Waals surface area contributed by atoms with Crippen LogP contribution in [0.15, 0.2) is 54.7 Å². The summed E-state index contributed by atoms with van der Waals surface area (Å²) < 4.78 is 40.2. The summed E-state index contributed by atoms with van der Waals surface area (Å²) in [6.07, 6.45) is -3.23. The molecule has 162 valence electrons. The van der Waals surface area contributed by atoms with E-state index >= 15 is 0 Å². The van der Waals surface area contributed by atoms with E-state index in [9.17, 15) is 22.8 Å². The number of nitrogens with zero attached hydrogens (tertiary/aromatic N) is 3. The molecule has 0 fully saturated rings. The van der Waals surface area contributed by atoms with Gasteiger partial charge in [0.15, 0.2) is 0 Å². The van der Waals surface area contributed by atoms with E-state index in [2.05, 4.69) is 10.4 Å². The maximum atomic E-state index is 13.0. The Morgan fingerprint density at radius 1 is 1.16 bits per heavy atom. The van der Waals surface area contributed by atoms with Gasteiger partial charge in [-0.25, -0.2) is 4.68 Å². The molecule has 0 saturated carbocycles. The number of halogens is 4. The van der Waals surface area contributed by atoms with E-state index in [1.54, 1.807) is 31.2 Å². The molecular formula is C21H18ClF3N4O2. The summed E-state index contributed by atoms with van der Waals surface area (Å²) in [5, 5.41) is 7.16. The minimum atomic E-state index is -4.49. The van der Waals surface area contributed by atoms with E-state index < -0.39 is 23.6 Å². The van der Waals surface area contributed by atoms with Gasteiger partial charge in [0, 0.05) is 17.8 Å². The fraction of sp³-hybridized carbons (Fsp3) is 0.190. The number of nitrogens with one attached hydrogen (secondary N) is 1. The molecule has 0 radical (unpaired) electrons. The Kier molecular flexibility index (Phi) is 6.35. The number of rotatable bonds is 5. The predicted octanol–water partition coefficient (Wildman–Crippen LogP) is 4.56. The van der Waals surface area contributed by atoms with Gasteiger partial charge in [-0.15, -0.1) is 0 Å². The van der Waals surface area contributed by atoms with Crippen LogP contribution in [0.1, 0.15) is 21.6 Å². The van der Waals surface area contributed by atoms with Crippen molar-refractivity contribution in [2.24, 2.45) is 0 Å². The molecule has 3 aromatic rings. The zero-order chi connectivity index (χ0) is 22.8. The molecular weight excluding hydrogens is 433 g/mol. The number of likely N-dealkylation sites (N-methyl/N-ethyl adjacent to an activating group) is 1. The average Bonchev–Trinajstić information content (AvgIpc) is 3.08. The number of hydrogen-bond donors (Lipinski definition) is 1. The first kappa shape index (κ1) is 22.4. The Balaban J connectivity index is 1.74. The molecule has 0 spiro atoms. The van der Waals surface area contributed by atoms with E-state index in [1.807, 2.05) is 0 Å². The molecule has 0 aliphatic rings. The molecule has 2 aromatic carbocycles. The number of hydrogen-bond acceptors (Lipinski definition) is 3. The molecule has 0 bridgehead atoms. The normalized spacial score (nSPS) is 11.3. The Morgan fingerprint density at radius 3 is 2.55 bits per heavy atom. The van der Waals surface area contributed by atoms with Crippen LogP contribution in [0.25, 0.3) is 5.69 Å². The summed E-state index contributed by atoms with van der Waals surface area (Å²) in [7, 11) is 1.45. The lowest BCUT2D eigenvalue weighted by molar-refractivity contribution is -0.137. The van der Waals surface area contributed by atoms with E-state index in [0.29, 0.717) is 16.4 Å². The van der Waals surface area contributed by atoms with Gasteiger partial charge in [-0.05, 0) is 43.3 Å². The lowest BCUT2D eigenvalue weighted by Crippen LogP contribution is -2.35. The minimum Gasteiger partial charge on any atom is -0.332 e. The number of benzene rings is 2. The topological polar surface area (TPSA) is 67.2 Å². The van der Waals surface area contributed by atoms with Gasteiger partial charge in [0.25, 0.3) is 5.91 Å². The second kappa shape index (κ2) is 8.81. The van der Waals surface area contributed by atoms with Crippen molar-refractivity contribution < 1.29 is 22.8 Å². The zero-order valence-corrected chi connectivity index (χ0v) is 17.3. The zero-order valence-electron chi connectivity index (χ0n) is 16.6. The van der Waals surface area contributed by atoms with Crippen molar-refractivity contribution in [3.8, 4) is 5.69 Å². The first-order valence-electron chi connectivity index (χ1n) is 9.09. The third kappa shape index (κ3) is 5.24. The predicted molar refractivity (Wildman–Crippen MR) is 110 cm³/mol. The van der Waals surface area contributed by atoms with Gasteiger partial charge in [-0.3, -0.25) is 9.59 Å². The largest absolute Gasteiger partial charge is 0.416 e. The summed E-state index contributed by atoms with van der Waals surface area (Å²) in [6.45, 7) is 1.33. The van der Waals surface area contributed by atoms with E-state index in [1.165, 1.54) is 35.0 Å². The Labute approximate surface area is 181 Å². The number of anilines is 1. The molecule has 0 saturated heterocycles. The second-order valence-electron chi connectivity index (χ2n) is 6.82. The lowest BCUT2D eigenvalue weighted by atomic mass is 10.2. The summed E-state index contributed by atoms with van der Waals surface area (Å²) >= 11 is 5.88. The third-order valence-corrected chi connectivity index (χ3v) is 4.73. The molecule has 6 nitrogen and oxygen atoms in total. The fourth-order valence-corrected chi connectivity index (χ4v) is 3.14. The maximum Gasteiger partial charge on any atom is 0.416 e. The number of aromatic nitrogens is 2. The van der Waals surface area contributed by atoms with E-state index in [0.717, 1.165) is 12.1 Å². The number of carbonyl (C=O) groups is 2. The Bertz CT molecular complexity index is 1130. The van der Waals surface area contributed by atoms with Gasteiger partial charge in [0.1, 0.15) is 0 Å². The third-order valence-electron chi connectivity index (χ3n) is 4.49. The molecule has 0 aliphatic carbocycles. The highest BCUT2D eigenvalue weighted by atomic mass is 35.5. The summed E-state index contributed by atoms with van der Waals surface area (Å²) in [5.74, 6) is -0.919. The SMILES string of the molecule is Cc1c(C(=O)N(C)CC(=O)Nc2cccc(Cl)c2)cnn1-c1cccc(C(F)(F)F)c1. The Hall–Kier alpha value is -3.33. The second-order valence-corrected chi connectivity index (χ2v) is 7.26. The average molecular weight is 451 g/mol. The van der Waals surface area contributed by atoms with Crippen LogP contribution in [0.2, 0.25) is 5.02 Å². The van der Waals surface area contributed by atoms with E-state index in [-0.39, 0.29) is 17.8 Å². The summed E-state index contributed by atoms with van der Waals surface area (Å²) in [6, 6.07) is 11.2. The van der Waals surface area contributed by atoms with Crippen LogP contribution in [-0.4, -0.2) is 40.1 Å². The first-order chi connectivity index (χ1) is 14.6. The molecule has 1 aromatic heterocycles. The Morgan fingerprint density at radius 2 is 1.87 bits per heavy atom. The van der Waals surface area contributed by atoms with Crippen molar-refractivity contribution in [3.63, 3.8) is 0 Å². The molecule has 10 heteroatoms. The van der Waals surface area contributed by atoms with Gasteiger partial charge in [0.2, 0.25) is 5.91 Å². The quantitative estimate of drug-likeness (QED) is 0.619. The van der Waals surface area contributed by atoms with Crippen LogP contribution in [0.3, 0.4) is 0 Å². The lowest BCUT2D eigenvalue weighted by Gasteiger charge is -2.17. The molecule has 0 atom stereocenters. The fourth-order valence-electron chi connectivity index (χ4n) is 2.95. The molecule has 3 rings (SSSR count). The van der Waals surface area contributed by atoms with Crippen LogP contribution in [0.4, 0.5) is 18.9 Å². The van der Waals surface area contributed by atoms with E-state index in [4.69, 9.17) is 11.6 Å². The van der Waals surface area contributed by atoms with Gasteiger partial charge >= 0.3 is 6.18 Å². The van der Waals surface area contributed by atoms with Crippen LogP contribution in [-0.2, 0) is 11.0 Å². The van der Waals surface area contributed by atoms with Crippen molar-refractivity contribution >= 4 is 29.1 Å². The monoisotopic (exact) mass is 450 g/mol. The minimum absolute atomic E-state index is 0.174.